The van der Waals surface area contributed by atoms with Gasteiger partial charge in [-0.2, -0.15) is 0 Å². The van der Waals surface area contributed by atoms with Crippen molar-refractivity contribution >= 4 is 33.4 Å². The lowest BCUT2D eigenvalue weighted by molar-refractivity contribution is -0.139. The third-order valence-corrected chi connectivity index (χ3v) is 5.80. The van der Waals surface area contributed by atoms with Crippen LogP contribution in [-0.2, 0) is 9.59 Å². The Hall–Kier alpha value is -2.14. The van der Waals surface area contributed by atoms with Crippen molar-refractivity contribution in [2.45, 2.75) is 31.7 Å². The summed E-state index contributed by atoms with van der Waals surface area (Å²) < 4.78 is 0.932. The summed E-state index contributed by atoms with van der Waals surface area (Å²) in [6.45, 7) is 0.0845. The first-order valence-electron chi connectivity index (χ1n) is 9.08. The van der Waals surface area contributed by atoms with E-state index >= 15 is 0 Å². The Labute approximate surface area is 161 Å². The SMILES string of the molecule is O=C1CN(C(=O)C2CCCC2)[C@@H](c2ccccc2)c2cc(Br)ccc2N1. The molecule has 5 heteroatoms. The van der Waals surface area contributed by atoms with Crippen LogP contribution in [0.4, 0.5) is 5.69 Å². The van der Waals surface area contributed by atoms with Crippen LogP contribution in [0.1, 0.15) is 42.9 Å². The van der Waals surface area contributed by atoms with Gasteiger partial charge in [-0.25, -0.2) is 0 Å². The van der Waals surface area contributed by atoms with Gasteiger partial charge in [0.15, 0.2) is 0 Å². The normalized spacial score (nSPS) is 20.4. The van der Waals surface area contributed by atoms with Gasteiger partial charge in [0.2, 0.25) is 11.8 Å². The van der Waals surface area contributed by atoms with Crippen molar-refractivity contribution in [2.75, 3.05) is 11.9 Å². The Bertz CT molecular complexity index is 831. The summed E-state index contributed by atoms with van der Waals surface area (Å²) in [7, 11) is 0. The van der Waals surface area contributed by atoms with Crippen molar-refractivity contribution in [3.63, 3.8) is 0 Å². The second kappa shape index (κ2) is 7.23. The monoisotopic (exact) mass is 412 g/mol. The van der Waals surface area contributed by atoms with E-state index in [1.165, 1.54) is 0 Å². The minimum Gasteiger partial charge on any atom is -0.324 e. The molecule has 1 atom stereocenters. The Morgan fingerprint density at radius 1 is 1.08 bits per heavy atom. The molecule has 1 fully saturated rings. The molecule has 2 aliphatic rings. The molecular weight excluding hydrogens is 392 g/mol. The molecule has 1 N–H and O–H groups in total. The standard InChI is InChI=1S/C21H21BrN2O2/c22-16-10-11-18-17(12-16)20(14-6-2-1-3-7-14)24(13-19(25)23-18)21(26)15-8-4-5-9-15/h1-3,6-7,10-12,15,20H,4-5,8-9,13H2,(H,23,25)/t20-/m0/s1. The van der Waals surface area contributed by atoms with E-state index in [1.54, 1.807) is 4.90 Å². The van der Waals surface area contributed by atoms with E-state index in [9.17, 15) is 9.59 Å². The number of carbonyl (C=O) groups is 2. The summed E-state index contributed by atoms with van der Waals surface area (Å²) in [5.41, 5.74) is 2.74. The number of nitrogens with one attached hydrogen (secondary N) is 1. The van der Waals surface area contributed by atoms with Gasteiger partial charge in [-0.15, -0.1) is 0 Å². The first-order valence-corrected chi connectivity index (χ1v) is 9.87. The molecule has 134 valence electrons. The van der Waals surface area contributed by atoms with Crippen molar-refractivity contribution in [1.82, 2.24) is 4.90 Å². The highest BCUT2D eigenvalue weighted by Gasteiger charge is 2.37. The summed E-state index contributed by atoms with van der Waals surface area (Å²) in [6.07, 6.45) is 4.02. The maximum atomic E-state index is 13.3. The van der Waals surface area contributed by atoms with Gasteiger partial charge >= 0.3 is 0 Å². The van der Waals surface area contributed by atoms with Gasteiger partial charge in [-0.3, -0.25) is 9.59 Å². The van der Waals surface area contributed by atoms with Crippen LogP contribution in [0.3, 0.4) is 0 Å². The molecule has 0 radical (unpaired) electrons. The third-order valence-electron chi connectivity index (χ3n) is 5.31. The average molecular weight is 413 g/mol. The summed E-state index contributed by atoms with van der Waals surface area (Å²) >= 11 is 3.54. The van der Waals surface area contributed by atoms with Gasteiger partial charge in [-0.1, -0.05) is 59.1 Å². The van der Waals surface area contributed by atoms with Gasteiger partial charge in [0.05, 0.1) is 6.04 Å². The van der Waals surface area contributed by atoms with Gasteiger partial charge in [0.25, 0.3) is 0 Å². The lowest BCUT2D eigenvalue weighted by Gasteiger charge is -2.32. The zero-order valence-corrected chi connectivity index (χ0v) is 16.0. The zero-order valence-electron chi connectivity index (χ0n) is 14.5. The van der Waals surface area contributed by atoms with Crippen molar-refractivity contribution in [1.29, 1.82) is 0 Å². The van der Waals surface area contributed by atoms with Crippen LogP contribution in [0.2, 0.25) is 0 Å². The molecule has 2 aromatic rings. The first-order chi connectivity index (χ1) is 12.6. The van der Waals surface area contributed by atoms with E-state index in [2.05, 4.69) is 21.2 Å². The molecular formula is C21H21BrN2O2. The van der Waals surface area contributed by atoms with Crippen LogP contribution < -0.4 is 5.32 Å². The quantitative estimate of drug-likeness (QED) is 0.788. The van der Waals surface area contributed by atoms with Crippen LogP contribution in [-0.4, -0.2) is 23.3 Å². The fraction of sp³-hybridized carbons (Fsp3) is 0.333. The third kappa shape index (κ3) is 3.28. The van der Waals surface area contributed by atoms with Crippen molar-refractivity contribution in [3.05, 3.63) is 64.1 Å². The van der Waals surface area contributed by atoms with Crippen LogP contribution in [0.25, 0.3) is 0 Å². The number of amides is 2. The summed E-state index contributed by atoms with van der Waals surface area (Å²) in [4.78, 5) is 27.6. The van der Waals surface area contributed by atoms with Gasteiger partial charge in [0.1, 0.15) is 6.54 Å². The van der Waals surface area contributed by atoms with E-state index in [-0.39, 0.29) is 30.3 Å². The molecule has 0 aromatic heterocycles. The fourth-order valence-corrected chi connectivity index (χ4v) is 4.46. The van der Waals surface area contributed by atoms with Crippen molar-refractivity contribution in [2.24, 2.45) is 5.92 Å². The maximum Gasteiger partial charge on any atom is 0.244 e. The predicted molar refractivity (Wildman–Crippen MR) is 105 cm³/mol. The van der Waals surface area contributed by atoms with Crippen LogP contribution >= 0.6 is 15.9 Å². The smallest absolute Gasteiger partial charge is 0.244 e. The molecule has 4 rings (SSSR count). The Balaban J connectivity index is 1.84. The highest BCUT2D eigenvalue weighted by atomic mass is 79.9. The molecule has 1 saturated carbocycles. The van der Waals surface area contributed by atoms with Crippen LogP contribution in [0.5, 0.6) is 0 Å². The van der Waals surface area contributed by atoms with Crippen LogP contribution in [0.15, 0.2) is 53.0 Å². The number of halogens is 1. The molecule has 2 aromatic carbocycles. The molecule has 4 nitrogen and oxygen atoms in total. The summed E-state index contributed by atoms with van der Waals surface area (Å²) in [5, 5.41) is 2.97. The molecule has 0 spiro atoms. The number of carbonyl (C=O) groups excluding carboxylic acids is 2. The van der Waals surface area contributed by atoms with Crippen molar-refractivity contribution in [3.8, 4) is 0 Å². The highest BCUT2D eigenvalue weighted by molar-refractivity contribution is 9.10. The van der Waals surface area contributed by atoms with E-state index in [4.69, 9.17) is 0 Å². The molecule has 0 unspecified atom stereocenters. The second-order valence-corrected chi connectivity index (χ2v) is 7.96. The Morgan fingerprint density at radius 3 is 2.54 bits per heavy atom. The Kier molecular flexibility index (Phi) is 4.81. The van der Waals surface area contributed by atoms with Gasteiger partial charge in [-0.05, 0) is 36.6 Å². The summed E-state index contributed by atoms with van der Waals surface area (Å²) in [5.74, 6) is -0.0135. The lowest BCUT2D eigenvalue weighted by Crippen LogP contribution is -2.41. The molecule has 1 heterocycles. The maximum absolute atomic E-state index is 13.3. The molecule has 26 heavy (non-hydrogen) atoms. The van der Waals surface area contributed by atoms with E-state index in [0.717, 1.165) is 47.0 Å². The van der Waals surface area contributed by atoms with E-state index in [1.807, 2.05) is 48.5 Å². The average Bonchev–Trinajstić information content (AvgIpc) is 3.13. The largest absolute Gasteiger partial charge is 0.324 e. The van der Waals surface area contributed by atoms with E-state index in [0.29, 0.717) is 0 Å². The lowest BCUT2D eigenvalue weighted by atomic mass is 9.94. The predicted octanol–water partition coefficient (Wildman–Crippen LogP) is 4.51. The number of benzene rings is 2. The number of nitrogens with zero attached hydrogens (tertiary/aromatic N) is 1. The molecule has 1 aliphatic heterocycles. The molecule has 2 amide bonds. The second-order valence-electron chi connectivity index (χ2n) is 7.04. The van der Waals surface area contributed by atoms with Crippen LogP contribution in [0, 0.1) is 5.92 Å². The van der Waals surface area contributed by atoms with Gasteiger partial charge in [0, 0.05) is 21.6 Å². The minimum absolute atomic E-state index is 0.0303. The number of hydrogen-bond donors (Lipinski definition) is 1. The number of anilines is 1. The molecule has 0 saturated heterocycles. The Morgan fingerprint density at radius 2 is 1.81 bits per heavy atom. The molecule has 1 aliphatic carbocycles. The van der Waals surface area contributed by atoms with Crippen molar-refractivity contribution < 1.29 is 9.59 Å². The minimum atomic E-state index is -0.268. The number of fused-ring (bicyclic) bond motifs is 1. The molecule has 0 bridgehead atoms. The first kappa shape index (κ1) is 17.3. The fourth-order valence-electron chi connectivity index (χ4n) is 4.08. The zero-order chi connectivity index (χ0) is 18.1. The van der Waals surface area contributed by atoms with Gasteiger partial charge < -0.3 is 10.2 Å². The summed E-state index contributed by atoms with van der Waals surface area (Å²) in [6, 6.07) is 15.5. The number of hydrogen-bond acceptors (Lipinski definition) is 2. The number of rotatable bonds is 2. The topological polar surface area (TPSA) is 49.4 Å². The van der Waals surface area contributed by atoms with E-state index < -0.39 is 0 Å². The highest BCUT2D eigenvalue weighted by Crippen LogP contribution is 2.39.